The molecule has 0 atom stereocenters. The zero-order chi connectivity index (χ0) is 18.7. The van der Waals surface area contributed by atoms with Gasteiger partial charge < -0.3 is 0 Å². The molecule has 0 unspecified atom stereocenters. The van der Waals surface area contributed by atoms with Crippen LogP contribution in [0.4, 0.5) is 0 Å². The average molecular weight is 376 g/mol. The van der Waals surface area contributed by atoms with Gasteiger partial charge in [-0.3, -0.25) is 4.98 Å². The summed E-state index contributed by atoms with van der Waals surface area (Å²) in [7, 11) is -2.67. The van der Waals surface area contributed by atoms with Crippen LogP contribution in [0.2, 0.25) is 38.3 Å². The van der Waals surface area contributed by atoms with Gasteiger partial charge in [0.2, 0.25) is 0 Å². The average Bonchev–Trinajstić information content (AvgIpc) is 2.56. The number of hydrogen-bond acceptors (Lipinski definition) is 1. The van der Waals surface area contributed by atoms with Gasteiger partial charge in [-0.05, 0) is 37.4 Å². The summed E-state index contributed by atoms with van der Waals surface area (Å²) in [5, 5.41) is 6.11. The first kappa shape index (κ1) is 17.7. The summed E-state index contributed by atoms with van der Waals surface area (Å²) < 4.78 is 0. The Morgan fingerprint density at radius 1 is 0.769 bits per heavy atom. The number of hydrogen-bond donors (Lipinski definition) is 0. The number of aryl methyl sites for hydroxylation is 2. The Bertz CT molecular complexity index is 998. The maximum absolute atomic E-state index is 4.82. The van der Waals surface area contributed by atoms with Crippen LogP contribution in [0.5, 0.6) is 0 Å². The van der Waals surface area contributed by atoms with E-state index in [2.05, 4.69) is 76.4 Å². The molecule has 1 aliphatic heterocycles. The van der Waals surface area contributed by atoms with Gasteiger partial charge in [-0.15, -0.1) is 0 Å². The SMILES string of the molecule is Cc1cc(C)cc(-c2nccc3cc4c(cc23)[Si](C)(C)CC[Si]4(C)C)c1. The zero-order valence-corrected chi connectivity index (χ0v) is 18.9. The number of benzene rings is 2. The van der Waals surface area contributed by atoms with E-state index in [9.17, 15) is 0 Å². The minimum absolute atomic E-state index is 1.15. The van der Waals surface area contributed by atoms with E-state index >= 15 is 0 Å². The van der Waals surface area contributed by atoms with E-state index in [1.807, 2.05) is 6.20 Å². The van der Waals surface area contributed by atoms with E-state index in [-0.39, 0.29) is 0 Å². The molecule has 134 valence electrons. The van der Waals surface area contributed by atoms with Gasteiger partial charge in [-0.1, -0.05) is 78.0 Å². The van der Waals surface area contributed by atoms with E-state index in [0.29, 0.717) is 0 Å². The largest absolute Gasteiger partial charge is 0.256 e. The third kappa shape index (κ3) is 2.87. The van der Waals surface area contributed by atoms with Gasteiger partial charge in [0.25, 0.3) is 0 Å². The first-order valence-corrected chi connectivity index (χ1v) is 16.1. The third-order valence-electron chi connectivity index (χ3n) is 6.23. The van der Waals surface area contributed by atoms with Crippen LogP contribution in [-0.2, 0) is 0 Å². The molecule has 3 heteroatoms. The summed E-state index contributed by atoms with van der Waals surface area (Å²) in [6.07, 6.45) is 1.99. The maximum atomic E-state index is 4.82. The Labute approximate surface area is 159 Å². The molecule has 26 heavy (non-hydrogen) atoms. The van der Waals surface area contributed by atoms with Crippen molar-refractivity contribution in [2.75, 3.05) is 0 Å². The summed E-state index contributed by atoms with van der Waals surface area (Å²) in [6.45, 7) is 14.5. The lowest BCUT2D eigenvalue weighted by Crippen LogP contribution is -2.63. The van der Waals surface area contributed by atoms with Gasteiger partial charge in [0.1, 0.15) is 0 Å². The molecule has 0 radical (unpaired) electrons. The molecule has 1 aromatic heterocycles. The molecular formula is C23H29NSi2. The van der Waals surface area contributed by atoms with Crippen molar-refractivity contribution >= 4 is 37.3 Å². The van der Waals surface area contributed by atoms with E-state index in [1.54, 1.807) is 10.4 Å². The first-order chi connectivity index (χ1) is 12.2. The Morgan fingerprint density at radius 2 is 1.35 bits per heavy atom. The molecule has 0 N–H and O–H groups in total. The minimum Gasteiger partial charge on any atom is -0.256 e. The summed E-state index contributed by atoms with van der Waals surface area (Å²) in [4.78, 5) is 4.82. The standard InChI is InChI=1S/C23H29NSi2/c1-16-11-17(2)13-19(12-16)23-20-15-22-21(14-18(20)7-8-24-23)25(3,4)9-10-26(22,5)6/h7-8,11-15H,9-10H2,1-6H3. The molecule has 0 aliphatic carbocycles. The minimum atomic E-state index is -1.36. The van der Waals surface area contributed by atoms with Crippen LogP contribution in [-0.4, -0.2) is 21.1 Å². The van der Waals surface area contributed by atoms with E-state index in [4.69, 9.17) is 4.98 Å². The molecular weight excluding hydrogens is 346 g/mol. The topological polar surface area (TPSA) is 12.9 Å². The molecule has 2 heterocycles. The Hall–Kier alpha value is -1.72. The fraction of sp³-hybridized carbons (Fsp3) is 0.348. The van der Waals surface area contributed by atoms with Gasteiger partial charge in [0, 0.05) is 17.1 Å². The molecule has 0 amide bonds. The molecule has 1 nitrogen and oxygen atoms in total. The molecule has 0 bridgehead atoms. The number of nitrogens with zero attached hydrogens (tertiary/aromatic N) is 1. The molecule has 4 rings (SSSR count). The lowest BCUT2D eigenvalue weighted by molar-refractivity contribution is 1.28. The number of fused-ring (bicyclic) bond motifs is 2. The second-order valence-corrected chi connectivity index (χ2v) is 19.0. The Kier molecular flexibility index (Phi) is 4.01. The normalized spacial score (nSPS) is 17.9. The van der Waals surface area contributed by atoms with Crippen LogP contribution < -0.4 is 10.4 Å². The zero-order valence-electron chi connectivity index (χ0n) is 16.9. The highest BCUT2D eigenvalue weighted by molar-refractivity contribution is 7.03. The monoisotopic (exact) mass is 375 g/mol. The molecule has 0 spiro atoms. The van der Waals surface area contributed by atoms with Crippen LogP contribution in [0.15, 0.2) is 42.6 Å². The lowest BCUT2D eigenvalue weighted by atomic mass is 10.0. The van der Waals surface area contributed by atoms with Crippen molar-refractivity contribution in [3.8, 4) is 11.3 Å². The molecule has 1 aliphatic rings. The van der Waals surface area contributed by atoms with Crippen molar-refractivity contribution in [1.29, 1.82) is 0 Å². The van der Waals surface area contributed by atoms with Crippen molar-refractivity contribution in [2.24, 2.45) is 0 Å². The first-order valence-electron chi connectivity index (χ1n) is 9.70. The summed E-state index contributed by atoms with van der Waals surface area (Å²) >= 11 is 0. The van der Waals surface area contributed by atoms with Crippen molar-refractivity contribution in [2.45, 2.75) is 52.1 Å². The highest BCUT2D eigenvalue weighted by Crippen LogP contribution is 2.31. The molecule has 0 saturated carbocycles. The van der Waals surface area contributed by atoms with Gasteiger partial charge in [-0.25, -0.2) is 0 Å². The van der Waals surface area contributed by atoms with Gasteiger partial charge >= 0.3 is 0 Å². The summed E-state index contributed by atoms with van der Waals surface area (Å²) in [5.41, 5.74) is 5.01. The maximum Gasteiger partial charge on any atom is 0.0802 e. The highest BCUT2D eigenvalue weighted by Gasteiger charge is 2.39. The fourth-order valence-electron chi connectivity index (χ4n) is 4.58. The predicted molar refractivity (Wildman–Crippen MR) is 120 cm³/mol. The van der Waals surface area contributed by atoms with E-state index in [0.717, 1.165) is 5.69 Å². The van der Waals surface area contributed by atoms with Crippen LogP contribution in [0.1, 0.15) is 11.1 Å². The molecule has 0 saturated heterocycles. The third-order valence-corrected chi connectivity index (χ3v) is 13.7. The van der Waals surface area contributed by atoms with E-state index in [1.165, 1.54) is 39.6 Å². The highest BCUT2D eigenvalue weighted by atomic mass is 28.3. The van der Waals surface area contributed by atoms with Crippen LogP contribution >= 0.6 is 0 Å². The molecule has 0 fully saturated rings. The van der Waals surface area contributed by atoms with Crippen molar-refractivity contribution in [1.82, 2.24) is 4.98 Å². The van der Waals surface area contributed by atoms with E-state index < -0.39 is 16.1 Å². The summed E-state index contributed by atoms with van der Waals surface area (Å²) in [5.74, 6) is 0. The molecule has 3 aromatic rings. The van der Waals surface area contributed by atoms with Gasteiger partial charge in [0.05, 0.1) is 21.8 Å². The quantitative estimate of drug-likeness (QED) is 0.522. The predicted octanol–water partition coefficient (Wildman–Crippen LogP) is 5.36. The lowest BCUT2D eigenvalue weighted by Gasteiger charge is -2.40. The number of aromatic nitrogens is 1. The smallest absolute Gasteiger partial charge is 0.0802 e. The van der Waals surface area contributed by atoms with Crippen molar-refractivity contribution < 1.29 is 0 Å². The van der Waals surface area contributed by atoms with Crippen LogP contribution in [0, 0.1) is 13.8 Å². The fourth-order valence-corrected chi connectivity index (χ4v) is 14.8. The van der Waals surface area contributed by atoms with Crippen LogP contribution in [0.25, 0.3) is 22.0 Å². The van der Waals surface area contributed by atoms with Crippen molar-refractivity contribution in [3.05, 3.63) is 53.7 Å². The second-order valence-electron chi connectivity index (χ2n) is 9.42. The van der Waals surface area contributed by atoms with Crippen LogP contribution in [0.3, 0.4) is 0 Å². The van der Waals surface area contributed by atoms with Gasteiger partial charge in [0.15, 0.2) is 0 Å². The number of pyridine rings is 1. The van der Waals surface area contributed by atoms with Gasteiger partial charge in [-0.2, -0.15) is 0 Å². The second kappa shape index (κ2) is 5.90. The van der Waals surface area contributed by atoms with Crippen molar-refractivity contribution in [3.63, 3.8) is 0 Å². The molecule has 2 aromatic carbocycles. The Morgan fingerprint density at radius 3 is 1.96 bits per heavy atom. The summed E-state index contributed by atoms with van der Waals surface area (Å²) in [6, 6.07) is 16.9. The Balaban J connectivity index is 2.04. The number of rotatable bonds is 1.